The van der Waals surface area contributed by atoms with Gasteiger partial charge in [0.2, 0.25) is 0 Å². The second kappa shape index (κ2) is 17.6. The maximum absolute atomic E-state index is 5.43. The van der Waals surface area contributed by atoms with E-state index in [9.17, 15) is 0 Å². The molecule has 0 amide bonds. The van der Waals surface area contributed by atoms with Crippen LogP contribution in [0.3, 0.4) is 0 Å². The Kier molecular flexibility index (Phi) is 10.5. The molecule has 73 heavy (non-hydrogen) atoms. The lowest BCUT2D eigenvalue weighted by Crippen LogP contribution is -2.07. The molecule has 0 fully saturated rings. The number of fused-ring (bicyclic) bond motifs is 9. The molecule has 0 radical (unpaired) electrons. The van der Waals surface area contributed by atoms with Crippen molar-refractivity contribution < 1.29 is 0 Å². The van der Waals surface area contributed by atoms with E-state index in [1.807, 2.05) is 0 Å². The van der Waals surface area contributed by atoms with Crippen molar-refractivity contribution >= 4 is 106 Å². The van der Waals surface area contributed by atoms with Crippen LogP contribution in [0.25, 0.3) is 104 Å². The van der Waals surface area contributed by atoms with E-state index in [1.165, 1.54) is 44.2 Å². The maximum Gasteiger partial charge on any atom is 0.124 e. The number of para-hydroxylation sites is 2. The molecular formula is C64H46N6S3. The van der Waals surface area contributed by atoms with E-state index in [1.54, 1.807) is 34.4 Å². The first-order chi connectivity index (χ1) is 35.9. The second-order valence-corrected chi connectivity index (χ2v) is 21.7. The zero-order valence-corrected chi connectivity index (χ0v) is 42.6. The van der Waals surface area contributed by atoms with Crippen molar-refractivity contribution in [2.24, 2.45) is 4.99 Å². The van der Waals surface area contributed by atoms with E-state index in [0.29, 0.717) is 0 Å². The minimum Gasteiger partial charge on any atom is -0.313 e. The van der Waals surface area contributed by atoms with Crippen LogP contribution in [-0.2, 0) is 6.42 Å². The Morgan fingerprint density at radius 3 is 2.00 bits per heavy atom. The van der Waals surface area contributed by atoms with Gasteiger partial charge in [-0.3, -0.25) is 4.99 Å². The number of thioether (sulfide) groups is 1. The molecule has 12 aromatic rings. The fourth-order valence-corrected chi connectivity index (χ4v) is 14.1. The molecular weight excluding hydrogens is 949 g/mol. The van der Waals surface area contributed by atoms with Crippen molar-refractivity contribution in [1.82, 2.24) is 23.7 Å². The lowest BCUT2D eigenvalue weighted by molar-refractivity contribution is 0.825. The number of thiazole rings is 2. The van der Waals surface area contributed by atoms with Crippen molar-refractivity contribution in [2.45, 2.75) is 32.7 Å². The van der Waals surface area contributed by atoms with E-state index in [-0.39, 0.29) is 6.04 Å². The van der Waals surface area contributed by atoms with Gasteiger partial charge in [-0.1, -0.05) is 158 Å². The molecule has 0 N–H and O–H groups in total. The zero-order valence-electron chi connectivity index (χ0n) is 40.2. The first kappa shape index (κ1) is 43.7. The number of rotatable bonds is 8. The largest absolute Gasteiger partial charge is 0.313 e. The zero-order chi connectivity index (χ0) is 48.7. The highest BCUT2D eigenvalue weighted by Gasteiger charge is 2.30. The van der Waals surface area contributed by atoms with Crippen LogP contribution in [0, 0.1) is 6.92 Å². The number of nitrogens with zero attached hydrogens (tertiary/aromatic N) is 6. The van der Waals surface area contributed by atoms with E-state index in [2.05, 4.69) is 227 Å². The molecule has 14 rings (SSSR count). The molecule has 1 aliphatic heterocycles. The Morgan fingerprint density at radius 1 is 0.630 bits per heavy atom. The minimum absolute atomic E-state index is 0.124. The summed E-state index contributed by atoms with van der Waals surface area (Å²) in [5.41, 5.74) is 19.1. The molecule has 7 aromatic carbocycles. The highest BCUT2D eigenvalue weighted by Crippen LogP contribution is 2.47. The van der Waals surface area contributed by atoms with Crippen LogP contribution in [-0.4, -0.2) is 28.7 Å². The van der Waals surface area contributed by atoms with Crippen molar-refractivity contribution in [3.8, 4) is 38.2 Å². The van der Waals surface area contributed by atoms with Crippen LogP contribution in [0.1, 0.15) is 64.4 Å². The number of allylic oxidation sites excluding steroid dienone is 1. The Hall–Kier alpha value is -8.08. The smallest absolute Gasteiger partial charge is 0.124 e. The molecule has 6 heterocycles. The van der Waals surface area contributed by atoms with E-state index >= 15 is 0 Å². The topological polar surface area (TPSA) is 52.9 Å². The molecule has 2 aliphatic rings. The molecule has 350 valence electrons. The summed E-state index contributed by atoms with van der Waals surface area (Å²) in [5, 5.41) is 8.74. The van der Waals surface area contributed by atoms with E-state index in [4.69, 9.17) is 21.5 Å². The maximum atomic E-state index is 5.43. The monoisotopic (exact) mass is 994 g/mol. The predicted octanol–water partition coefficient (Wildman–Crippen LogP) is 17.6. The summed E-state index contributed by atoms with van der Waals surface area (Å²) in [7, 11) is 0. The molecule has 0 saturated carbocycles. The Morgan fingerprint density at radius 2 is 1.26 bits per heavy atom. The molecule has 9 heteroatoms. The van der Waals surface area contributed by atoms with Gasteiger partial charge in [-0.15, -0.1) is 22.7 Å². The number of benzene rings is 7. The van der Waals surface area contributed by atoms with Crippen LogP contribution in [0.4, 0.5) is 0 Å². The van der Waals surface area contributed by atoms with Gasteiger partial charge in [0.05, 0.1) is 55.6 Å². The summed E-state index contributed by atoms with van der Waals surface area (Å²) in [6.45, 7) is 9.37. The average Bonchev–Trinajstić information content (AvgIpc) is 4.28. The summed E-state index contributed by atoms with van der Waals surface area (Å²) in [6.07, 6.45) is 11.1. The summed E-state index contributed by atoms with van der Waals surface area (Å²) in [5.74, 6) is 0. The molecule has 1 aliphatic carbocycles. The second-order valence-electron chi connectivity index (χ2n) is 18.8. The lowest BCUT2D eigenvalue weighted by Gasteiger charge is -2.20. The van der Waals surface area contributed by atoms with Gasteiger partial charge >= 0.3 is 0 Å². The van der Waals surface area contributed by atoms with Crippen molar-refractivity contribution in [3.05, 3.63) is 233 Å². The van der Waals surface area contributed by atoms with E-state index in [0.717, 1.165) is 105 Å². The predicted molar refractivity (Wildman–Crippen MR) is 312 cm³/mol. The third-order valence-electron chi connectivity index (χ3n) is 14.4. The van der Waals surface area contributed by atoms with Gasteiger partial charge in [-0.25, -0.2) is 9.97 Å². The highest BCUT2D eigenvalue weighted by molar-refractivity contribution is 8.22. The lowest BCUT2D eigenvalue weighted by atomic mass is 9.99. The van der Waals surface area contributed by atoms with Crippen LogP contribution in [0.5, 0.6) is 0 Å². The molecule has 5 aromatic heterocycles. The van der Waals surface area contributed by atoms with Crippen LogP contribution < -0.4 is 0 Å². The molecule has 0 saturated heterocycles. The van der Waals surface area contributed by atoms with Crippen molar-refractivity contribution in [3.63, 3.8) is 0 Å². The van der Waals surface area contributed by atoms with Gasteiger partial charge in [0.1, 0.15) is 15.1 Å². The molecule has 0 bridgehead atoms. The molecule has 1 unspecified atom stereocenters. The van der Waals surface area contributed by atoms with Gasteiger partial charge in [0, 0.05) is 65.8 Å². The van der Waals surface area contributed by atoms with Gasteiger partial charge in [0.15, 0.2) is 0 Å². The number of hydrogen-bond donors (Lipinski definition) is 0. The molecule has 1 atom stereocenters. The summed E-state index contributed by atoms with van der Waals surface area (Å²) in [6, 6.07) is 60.7. The van der Waals surface area contributed by atoms with Crippen molar-refractivity contribution in [1.29, 1.82) is 0 Å². The third-order valence-corrected chi connectivity index (χ3v) is 17.4. The van der Waals surface area contributed by atoms with Gasteiger partial charge in [-0.2, -0.15) is 0 Å². The van der Waals surface area contributed by atoms with Gasteiger partial charge in [0.25, 0.3) is 0 Å². The van der Waals surface area contributed by atoms with E-state index < -0.39 is 0 Å². The normalized spacial score (nSPS) is 14.7. The quantitative estimate of drug-likeness (QED) is 0.152. The first-order valence-electron chi connectivity index (χ1n) is 24.7. The standard InChI is InChI=1S/C64H46N6S3/c1-39-58-53-27-15-18-30-57(53)69(59(58)41(3)72-63(65-39)43-21-9-5-10-22-43)47-35-46(68-40(2)49(50-25-13-16-28-55(50)68)32-31-45-38-71-62(66-45)42-19-7-4-8-20-42)36-48(37-47)70-56-29-17-14-26-51(56)52-33-34-54-61(60(52)70)73-64(67-54)44-23-11-6-12-24-44/h4-12,14-24,26-39H,3,13,25H2,1-2H3/b32-31-. The average molecular weight is 995 g/mol. The molecule has 6 nitrogen and oxygen atoms in total. The summed E-state index contributed by atoms with van der Waals surface area (Å²) in [4.78, 5) is 16.7. The highest BCUT2D eigenvalue weighted by atomic mass is 32.2. The third kappa shape index (κ3) is 7.25. The summed E-state index contributed by atoms with van der Waals surface area (Å²) >= 11 is 5.12. The van der Waals surface area contributed by atoms with Gasteiger partial charge < -0.3 is 13.7 Å². The fraction of sp³-hybridized carbons (Fsp3) is 0.0781. The fourth-order valence-electron chi connectivity index (χ4n) is 11.2. The van der Waals surface area contributed by atoms with Crippen LogP contribution in [0.15, 0.2) is 193 Å². The molecule has 0 spiro atoms. The Balaban J connectivity index is 1.03. The number of aliphatic imine (C=N–C) groups is 1. The minimum atomic E-state index is -0.124. The summed E-state index contributed by atoms with van der Waals surface area (Å²) < 4.78 is 8.61. The van der Waals surface area contributed by atoms with Crippen LogP contribution >= 0.6 is 34.4 Å². The Bertz CT molecular complexity index is 4270. The first-order valence-corrected chi connectivity index (χ1v) is 27.2. The van der Waals surface area contributed by atoms with Gasteiger partial charge in [-0.05, 0) is 92.4 Å². The van der Waals surface area contributed by atoms with Crippen molar-refractivity contribution in [2.75, 3.05) is 0 Å². The Labute approximate surface area is 435 Å². The van der Waals surface area contributed by atoms with Crippen LogP contribution in [0.2, 0.25) is 0 Å². The number of hydrogen-bond acceptors (Lipinski definition) is 6. The SMILES string of the molecule is C=C1SC(c2ccccc2)=NC(C)c2c1n(-c1cc(-n3c(C)c(/C=C\c4csc(-c5ccccc5)n4)c4c3C=CCC4)cc(-n3c4ccccc4c4ccc5nc(-c6ccccc6)sc5c43)c1)c1ccccc21. The number of aromatic nitrogens is 5.